The van der Waals surface area contributed by atoms with Crippen molar-refractivity contribution in [3.63, 3.8) is 0 Å². The molecular formula is C23H29N7O3S. The van der Waals surface area contributed by atoms with Crippen molar-refractivity contribution in [3.05, 3.63) is 35.9 Å². The van der Waals surface area contributed by atoms with Gasteiger partial charge in [0.25, 0.3) is 0 Å². The van der Waals surface area contributed by atoms with Gasteiger partial charge in [0.15, 0.2) is 22.1 Å². The van der Waals surface area contributed by atoms with Crippen molar-refractivity contribution in [1.29, 1.82) is 0 Å². The number of hydrogen-bond acceptors (Lipinski definition) is 9. The molecule has 2 saturated carbocycles. The fraction of sp³-hybridized carbons (Fsp3) is 0.522. The van der Waals surface area contributed by atoms with Crippen molar-refractivity contribution >= 4 is 34.7 Å². The lowest BCUT2D eigenvalue weighted by Crippen LogP contribution is -2.38. The molecule has 0 saturated heterocycles. The highest BCUT2D eigenvalue weighted by Crippen LogP contribution is 2.43. The average Bonchev–Trinajstić information content (AvgIpc) is 3.40. The molecule has 0 spiro atoms. The number of aliphatic hydroxyl groups is 2. The molecule has 10 nitrogen and oxygen atoms in total. The van der Waals surface area contributed by atoms with Gasteiger partial charge in [-0.1, -0.05) is 54.2 Å². The Morgan fingerprint density at radius 1 is 1.18 bits per heavy atom. The van der Waals surface area contributed by atoms with E-state index in [1.54, 1.807) is 0 Å². The maximum absolute atomic E-state index is 12.5. The van der Waals surface area contributed by atoms with E-state index >= 15 is 0 Å². The lowest BCUT2D eigenvalue weighted by atomic mass is 10.0. The molecule has 180 valence electrons. The Bertz CT molecular complexity index is 1170. The van der Waals surface area contributed by atoms with Crippen molar-refractivity contribution in [3.8, 4) is 0 Å². The number of nitrogens with zero attached hydrogens (tertiary/aromatic N) is 5. The monoisotopic (exact) mass is 483 g/mol. The minimum atomic E-state index is -1.18. The summed E-state index contributed by atoms with van der Waals surface area (Å²) >= 11 is 1.41. The first-order chi connectivity index (χ1) is 16.5. The van der Waals surface area contributed by atoms with E-state index in [-0.39, 0.29) is 18.4 Å². The fourth-order valence-electron chi connectivity index (χ4n) is 4.71. The number of carbonyl (C=O) groups excluding carboxylic acids is 1. The van der Waals surface area contributed by atoms with E-state index in [1.807, 2.05) is 31.4 Å². The van der Waals surface area contributed by atoms with Crippen LogP contribution < -0.4 is 10.6 Å². The van der Waals surface area contributed by atoms with E-state index in [2.05, 4.69) is 43.0 Å². The molecule has 2 heterocycles. The number of amides is 1. The minimum absolute atomic E-state index is 0.242. The Morgan fingerprint density at radius 2 is 1.97 bits per heavy atom. The second-order valence-electron chi connectivity index (χ2n) is 8.95. The summed E-state index contributed by atoms with van der Waals surface area (Å²) in [4.78, 5) is 21.7. The predicted molar refractivity (Wildman–Crippen MR) is 129 cm³/mol. The van der Waals surface area contributed by atoms with Crippen LogP contribution in [0.3, 0.4) is 0 Å². The van der Waals surface area contributed by atoms with Crippen LogP contribution in [0.1, 0.15) is 43.7 Å². The number of hydrogen-bond donors (Lipinski definition) is 4. The van der Waals surface area contributed by atoms with Crippen LogP contribution in [0.2, 0.25) is 0 Å². The van der Waals surface area contributed by atoms with E-state index in [4.69, 9.17) is 0 Å². The summed E-state index contributed by atoms with van der Waals surface area (Å²) in [6.45, 7) is 2.49. The molecular weight excluding hydrogens is 454 g/mol. The Morgan fingerprint density at radius 3 is 2.71 bits per heavy atom. The number of carbonyl (C=O) groups is 1. The third-order valence-electron chi connectivity index (χ3n) is 6.68. The highest BCUT2D eigenvalue weighted by molar-refractivity contribution is 7.98. The van der Waals surface area contributed by atoms with E-state index in [0.717, 1.165) is 12.8 Å². The molecule has 2 aliphatic carbocycles. The quantitative estimate of drug-likeness (QED) is 0.279. The van der Waals surface area contributed by atoms with Crippen LogP contribution in [0.15, 0.2) is 35.5 Å². The fourth-order valence-corrected chi connectivity index (χ4v) is 5.08. The second kappa shape index (κ2) is 9.47. The summed E-state index contributed by atoms with van der Waals surface area (Å²) in [5.74, 6) is 0.0358. The number of anilines is 1. The van der Waals surface area contributed by atoms with Crippen LogP contribution in [-0.4, -0.2) is 72.1 Å². The van der Waals surface area contributed by atoms with Gasteiger partial charge in [-0.3, -0.25) is 4.79 Å². The first kappa shape index (κ1) is 23.0. The van der Waals surface area contributed by atoms with Crippen molar-refractivity contribution < 1.29 is 15.0 Å². The zero-order chi connectivity index (χ0) is 23.8. The highest BCUT2D eigenvalue weighted by Gasteiger charge is 2.47. The molecule has 6 atom stereocenters. The van der Waals surface area contributed by atoms with E-state index in [1.165, 1.54) is 22.0 Å². The maximum Gasteiger partial charge on any atom is 0.225 e. The SMILES string of the molecule is CCCNC(=O)C1CC(n2nnc3c(NC4CC4c4ccccc4)nc(SC)nc32)C(O)C1O. The van der Waals surface area contributed by atoms with Crippen LogP contribution in [0.4, 0.5) is 5.82 Å². The summed E-state index contributed by atoms with van der Waals surface area (Å²) in [5.41, 5.74) is 2.27. The summed E-state index contributed by atoms with van der Waals surface area (Å²) < 4.78 is 1.53. The molecule has 4 N–H and O–H groups in total. The number of nitrogens with one attached hydrogen (secondary N) is 2. The summed E-state index contributed by atoms with van der Waals surface area (Å²) in [5, 5.41) is 36.8. The van der Waals surface area contributed by atoms with Crippen molar-refractivity contribution in [2.24, 2.45) is 5.92 Å². The molecule has 5 rings (SSSR count). The van der Waals surface area contributed by atoms with Gasteiger partial charge in [-0.2, -0.15) is 0 Å². The third kappa shape index (κ3) is 4.23. The molecule has 3 aromatic rings. The number of aromatic nitrogens is 5. The van der Waals surface area contributed by atoms with E-state index in [9.17, 15) is 15.0 Å². The predicted octanol–water partition coefficient (Wildman–Crippen LogP) is 1.72. The minimum Gasteiger partial charge on any atom is -0.390 e. The third-order valence-corrected chi connectivity index (χ3v) is 7.23. The van der Waals surface area contributed by atoms with Crippen molar-refractivity contribution in [2.75, 3.05) is 18.1 Å². The Hall–Kier alpha value is -2.76. The average molecular weight is 484 g/mol. The molecule has 6 unspecified atom stereocenters. The lowest BCUT2D eigenvalue weighted by Gasteiger charge is -2.17. The molecule has 1 aromatic carbocycles. The van der Waals surface area contributed by atoms with E-state index in [0.29, 0.717) is 34.6 Å². The number of aliphatic hydroxyl groups excluding tert-OH is 2. The molecule has 2 aliphatic rings. The van der Waals surface area contributed by atoms with Gasteiger partial charge in [0, 0.05) is 18.5 Å². The van der Waals surface area contributed by atoms with Crippen LogP contribution in [-0.2, 0) is 4.79 Å². The standard InChI is InChI=1S/C23H29N7O3S/c1-3-9-24-22(33)14-11-16(19(32)18(14)31)30-21-17(28-29-30)20(26-23(27-21)34-2)25-15-10-13(15)12-7-5-4-6-8-12/h4-8,13-16,18-19,31-32H,3,9-11H2,1-2H3,(H,24,33)(H,25,26,27). The summed E-state index contributed by atoms with van der Waals surface area (Å²) in [6.07, 6.45) is 1.60. The van der Waals surface area contributed by atoms with Crippen molar-refractivity contribution in [2.45, 2.75) is 61.6 Å². The highest BCUT2D eigenvalue weighted by atomic mass is 32.2. The topological polar surface area (TPSA) is 138 Å². The van der Waals surface area contributed by atoms with Gasteiger partial charge in [-0.05, 0) is 31.1 Å². The van der Waals surface area contributed by atoms with Gasteiger partial charge in [0.05, 0.1) is 18.1 Å². The van der Waals surface area contributed by atoms with Crippen LogP contribution in [0.5, 0.6) is 0 Å². The number of thioether (sulfide) groups is 1. The zero-order valence-electron chi connectivity index (χ0n) is 19.1. The van der Waals surface area contributed by atoms with Gasteiger partial charge in [-0.25, -0.2) is 14.6 Å². The second-order valence-corrected chi connectivity index (χ2v) is 9.72. The van der Waals surface area contributed by atoms with Crippen LogP contribution >= 0.6 is 11.8 Å². The molecule has 34 heavy (non-hydrogen) atoms. The maximum atomic E-state index is 12.5. The molecule has 2 fully saturated rings. The molecule has 0 radical (unpaired) electrons. The van der Waals surface area contributed by atoms with Crippen LogP contribution in [0.25, 0.3) is 11.2 Å². The molecule has 0 aliphatic heterocycles. The molecule has 2 aromatic heterocycles. The van der Waals surface area contributed by atoms with E-state index < -0.39 is 24.2 Å². The lowest BCUT2D eigenvalue weighted by molar-refractivity contribution is -0.128. The smallest absolute Gasteiger partial charge is 0.225 e. The molecule has 1 amide bonds. The van der Waals surface area contributed by atoms with Crippen molar-refractivity contribution in [1.82, 2.24) is 30.3 Å². The van der Waals surface area contributed by atoms with Gasteiger partial charge in [0.2, 0.25) is 5.91 Å². The summed E-state index contributed by atoms with van der Waals surface area (Å²) in [6, 6.07) is 9.98. The number of benzene rings is 1. The molecule has 0 bridgehead atoms. The first-order valence-corrected chi connectivity index (χ1v) is 12.9. The normalized spacial score (nSPS) is 28.2. The Balaban J connectivity index is 1.41. The van der Waals surface area contributed by atoms with Gasteiger partial charge >= 0.3 is 0 Å². The largest absolute Gasteiger partial charge is 0.390 e. The zero-order valence-corrected chi connectivity index (χ0v) is 19.9. The first-order valence-electron chi connectivity index (χ1n) is 11.6. The Kier molecular flexibility index (Phi) is 6.41. The van der Waals surface area contributed by atoms with Gasteiger partial charge in [0.1, 0.15) is 6.10 Å². The van der Waals surface area contributed by atoms with Gasteiger partial charge < -0.3 is 20.8 Å². The number of rotatable bonds is 8. The number of fused-ring (bicyclic) bond motifs is 1. The Labute approximate surface area is 201 Å². The van der Waals surface area contributed by atoms with Gasteiger partial charge in [-0.15, -0.1) is 5.10 Å². The molecule has 11 heteroatoms. The van der Waals surface area contributed by atoms with Crippen LogP contribution in [0, 0.1) is 5.92 Å². The summed E-state index contributed by atoms with van der Waals surface area (Å²) in [7, 11) is 0.